The van der Waals surface area contributed by atoms with E-state index in [9.17, 15) is 4.39 Å². The van der Waals surface area contributed by atoms with Gasteiger partial charge >= 0.3 is 0 Å². The Kier molecular flexibility index (Phi) is 3.20. The summed E-state index contributed by atoms with van der Waals surface area (Å²) in [5, 5.41) is 0. The van der Waals surface area contributed by atoms with Crippen LogP contribution in [0.1, 0.15) is 6.92 Å². The third-order valence-corrected chi connectivity index (χ3v) is 2.50. The zero-order chi connectivity index (χ0) is 11.4. The Bertz CT molecular complexity index is 453. The van der Waals surface area contributed by atoms with Crippen molar-refractivity contribution in [1.29, 1.82) is 0 Å². The van der Waals surface area contributed by atoms with Crippen molar-refractivity contribution in [2.75, 3.05) is 11.4 Å². The predicted octanol–water partition coefficient (Wildman–Crippen LogP) is 3.98. The van der Waals surface area contributed by atoms with Gasteiger partial charge in [-0.3, -0.25) is 0 Å². The Morgan fingerprint density at radius 1 is 0.938 bits per heavy atom. The second-order valence-corrected chi connectivity index (χ2v) is 3.56. The van der Waals surface area contributed by atoms with Gasteiger partial charge in [0, 0.05) is 17.9 Å². The van der Waals surface area contributed by atoms with Crippen LogP contribution < -0.4 is 4.90 Å². The normalized spacial score (nSPS) is 10.1. The lowest BCUT2D eigenvalue weighted by atomic mass is 10.2. The van der Waals surface area contributed by atoms with Gasteiger partial charge in [-0.25, -0.2) is 4.39 Å². The molecule has 2 aromatic carbocycles. The quantitative estimate of drug-likeness (QED) is 0.748. The lowest BCUT2D eigenvalue weighted by Crippen LogP contribution is -2.15. The molecule has 2 aromatic rings. The van der Waals surface area contributed by atoms with Gasteiger partial charge in [0.2, 0.25) is 0 Å². The van der Waals surface area contributed by atoms with E-state index in [4.69, 9.17) is 0 Å². The Hall–Kier alpha value is -1.83. The van der Waals surface area contributed by atoms with Crippen molar-refractivity contribution >= 4 is 11.4 Å². The van der Waals surface area contributed by atoms with Crippen molar-refractivity contribution in [2.24, 2.45) is 0 Å². The Balaban J connectivity index is 2.37. The zero-order valence-electron chi connectivity index (χ0n) is 9.23. The van der Waals surface area contributed by atoms with Gasteiger partial charge in [0.05, 0.1) is 0 Å². The molecule has 2 heteroatoms. The van der Waals surface area contributed by atoms with Gasteiger partial charge in [-0.1, -0.05) is 24.3 Å². The Morgan fingerprint density at radius 3 is 2.25 bits per heavy atom. The van der Waals surface area contributed by atoms with Crippen LogP contribution in [0.2, 0.25) is 0 Å². The highest BCUT2D eigenvalue weighted by atomic mass is 19.1. The van der Waals surface area contributed by atoms with Crippen LogP contribution in [0.3, 0.4) is 0 Å². The lowest BCUT2D eigenvalue weighted by Gasteiger charge is -2.23. The number of benzene rings is 2. The van der Waals surface area contributed by atoms with E-state index >= 15 is 0 Å². The van der Waals surface area contributed by atoms with Gasteiger partial charge in [-0.15, -0.1) is 0 Å². The molecule has 0 spiro atoms. The van der Waals surface area contributed by atoms with Crippen molar-refractivity contribution in [2.45, 2.75) is 6.92 Å². The average molecular weight is 215 g/mol. The van der Waals surface area contributed by atoms with Crippen LogP contribution in [0.15, 0.2) is 54.6 Å². The van der Waals surface area contributed by atoms with E-state index in [1.807, 2.05) is 36.4 Å². The first-order valence-electron chi connectivity index (χ1n) is 5.39. The minimum Gasteiger partial charge on any atom is -0.342 e. The maximum atomic E-state index is 13.2. The van der Waals surface area contributed by atoms with Gasteiger partial charge in [-0.05, 0) is 37.3 Å². The largest absolute Gasteiger partial charge is 0.342 e. The smallest absolute Gasteiger partial charge is 0.125 e. The number of nitrogens with zero attached hydrogens (tertiary/aromatic N) is 1. The molecule has 0 saturated heterocycles. The number of rotatable bonds is 3. The Morgan fingerprint density at radius 2 is 1.62 bits per heavy atom. The van der Waals surface area contributed by atoms with E-state index in [2.05, 4.69) is 11.8 Å². The summed E-state index contributed by atoms with van der Waals surface area (Å²) >= 11 is 0. The number of hydrogen-bond acceptors (Lipinski definition) is 1. The molecular weight excluding hydrogens is 201 g/mol. The van der Waals surface area contributed by atoms with Crippen molar-refractivity contribution < 1.29 is 4.39 Å². The number of hydrogen-bond donors (Lipinski definition) is 0. The summed E-state index contributed by atoms with van der Waals surface area (Å²) in [7, 11) is 0. The van der Waals surface area contributed by atoms with Crippen LogP contribution in [0, 0.1) is 5.82 Å². The second-order valence-electron chi connectivity index (χ2n) is 3.56. The minimum absolute atomic E-state index is 0.202. The maximum Gasteiger partial charge on any atom is 0.125 e. The topological polar surface area (TPSA) is 3.24 Å². The molecule has 82 valence electrons. The molecular formula is C14H14FN. The van der Waals surface area contributed by atoms with E-state index in [-0.39, 0.29) is 5.82 Å². The summed E-state index contributed by atoms with van der Waals surface area (Å²) in [5.41, 5.74) is 1.96. The zero-order valence-corrected chi connectivity index (χ0v) is 9.23. The molecule has 0 aliphatic heterocycles. The van der Waals surface area contributed by atoms with Crippen molar-refractivity contribution in [1.82, 2.24) is 0 Å². The van der Waals surface area contributed by atoms with Crippen LogP contribution in [0.4, 0.5) is 15.8 Å². The molecule has 0 fully saturated rings. The van der Waals surface area contributed by atoms with Gasteiger partial charge in [0.1, 0.15) is 5.82 Å². The van der Waals surface area contributed by atoms with Crippen molar-refractivity contribution in [3.8, 4) is 0 Å². The summed E-state index contributed by atoms with van der Waals surface area (Å²) in [6.45, 7) is 2.87. The molecule has 0 atom stereocenters. The predicted molar refractivity (Wildman–Crippen MR) is 65.5 cm³/mol. The maximum absolute atomic E-state index is 13.2. The molecule has 0 saturated carbocycles. The van der Waals surface area contributed by atoms with E-state index in [0.717, 1.165) is 17.9 Å². The van der Waals surface area contributed by atoms with E-state index in [1.165, 1.54) is 6.07 Å². The summed E-state index contributed by atoms with van der Waals surface area (Å²) in [6.07, 6.45) is 0. The SMILES string of the molecule is CCN(c1ccccc1)c1cccc(F)c1. The highest BCUT2D eigenvalue weighted by Crippen LogP contribution is 2.24. The summed E-state index contributed by atoms with van der Waals surface area (Å²) in [6, 6.07) is 16.6. The molecule has 0 aliphatic carbocycles. The van der Waals surface area contributed by atoms with Gasteiger partial charge in [-0.2, -0.15) is 0 Å². The number of anilines is 2. The summed E-state index contributed by atoms with van der Waals surface area (Å²) in [5.74, 6) is -0.202. The van der Waals surface area contributed by atoms with Gasteiger partial charge < -0.3 is 4.90 Å². The van der Waals surface area contributed by atoms with E-state index in [1.54, 1.807) is 12.1 Å². The first kappa shape index (κ1) is 10.7. The van der Waals surface area contributed by atoms with E-state index in [0.29, 0.717) is 0 Å². The van der Waals surface area contributed by atoms with Crippen LogP contribution >= 0.6 is 0 Å². The molecule has 0 radical (unpaired) electrons. The monoisotopic (exact) mass is 215 g/mol. The molecule has 16 heavy (non-hydrogen) atoms. The molecule has 0 amide bonds. The Labute approximate surface area is 95.1 Å². The molecule has 0 bridgehead atoms. The van der Waals surface area contributed by atoms with Crippen LogP contribution in [0.25, 0.3) is 0 Å². The molecule has 0 aliphatic rings. The summed E-state index contributed by atoms with van der Waals surface area (Å²) in [4.78, 5) is 2.07. The minimum atomic E-state index is -0.202. The molecule has 0 unspecified atom stereocenters. The average Bonchev–Trinajstić information content (AvgIpc) is 2.31. The first-order chi connectivity index (χ1) is 7.81. The highest BCUT2D eigenvalue weighted by molar-refractivity contribution is 5.62. The summed E-state index contributed by atoms with van der Waals surface area (Å²) < 4.78 is 13.2. The van der Waals surface area contributed by atoms with Crippen LogP contribution in [-0.2, 0) is 0 Å². The highest BCUT2D eigenvalue weighted by Gasteiger charge is 2.06. The molecule has 2 rings (SSSR count). The molecule has 0 heterocycles. The lowest BCUT2D eigenvalue weighted by molar-refractivity contribution is 0.627. The second kappa shape index (κ2) is 4.79. The molecule has 0 N–H and O–H groups in total. The fourth-order valence-corrected chi connectivity index (χ4v) is 1.77. The number of halogens is 1. The molecule has 0 aromatic heterocycles. The van der Waals surface area contributed by atoms with E-state index < -0.39 is 0 Å². The third kappa shape index (κ3) is 2.22. The fourth-order valence-electron chi connectivity index (χ4n) is 1.77. The van der Waals surface area contributed by atoms with Crippen molar-refractivity contribution in [3.63, 3.8) is 0 Å². The fraction of sp³-hybridized carbons (Fsp3) is 0.143. The third-order valence-electron chi connectivity index (χ3n) is 2.50. The van der Waals surface area contributed by atoms with Gasteiger partial charge in [0.25, 0.3) is 0 Å². The van der Waals surface area contributed by atoms with Crippen LogP contribution in [0.5, 0.6) is 0 Å². The van der Waals surface area contributed by atoms with Crippen molar-refractivity contribution in [3.05, 3.63) is 60.4 Å². The van der Waals surface area contributed by atoms with Gasteiger partial charge in [0.15, 0.2) is 0 Å². The standard InChI is InChI=1S/C14H14FN/c1-2-16(13-8-4-3-5-9-13)14-10-6-7-12(15)11-14/h3-11H,2H2,1H3. The first-order valence-corrected chi connectivity index (χ1v) is 5.39. The number of para-hydroxylation sites is 1. The van der Waals surface area contributed by atoms with Crippen LogP contribution in [-0.4, -0.2) is 6.54 Å². The molecule has 1 nitrogen and oxygen atoms in total.